The predicted octanol–water partition coefficient (Wildman–Crippen LogP) is 0.368. The Hall–Kier alpha value is -0.820. The largest absolute Gasteiger partial charge is 0.419 e. The maximum absolute atomic E-state index is 12.5. The van der Waals surface area contributed by atoms with Crippen molar-refractivity contribution in [2.45, 2.75) is 25.1 Å². The Morgan fingerprint density at radius 3 is 2.59 bits per heavy atom. The first-order chi connectivity index (χ1) is 7.71. The molecule has 1 aliphatic heterocycles. The normalized spacial score (nSPS) is 27.3. The number of hydrogen-bond donors (Lipinski definition) is 2. The Morgan fingerprint density at radius 1 is 1.59 bits per heavy atom. The number of nitrogens with one attached hydrogen (secondary N) is 1. The van der Waals surface area contributed by atoms with E-state index >= 15 is 0 Å². The Balaban J connectivity index is 2.65. The standard InChI is InChI=1S/C10H17F3N2O2/c1-7(5-14-2)8(16)15-4-3-9(17,6-15)10(11,12)13/h7,14,17H,3-6H2,1-2H3. The molecular weight excluding hydrogens is 237 g/mol. The average Bonchev–Trinajstić information content (AvgIpc) is 2.60. The van der Waals surface area contributed by atoms with Crippen molar-refractivity contribution in [3.05, 3.63) is 0 Å². The first-order valence-corrected chi connectivity index (χ1v) is 5.44. The summed E-state index contributed by atoms with van der Waals surface area (Å²) in [5, 5.41) is 12.2. The summed E-state index contributed by atoms with van der Waals surface area (Å²) in [4.78, 5) is 12.8. The van der Waals surface area contributed by atoms with E-state index in [1.165, 1.54) is 0 Å². The van der Waals surface area contributed by atoms with E-state index in [1.54, 1.807) is 14.0 Å². The second kappa shape index (κ2) is 4.81. The lowest BCUT2D eigenvalue weighted by molar-refractivity contribution is -0.253. The van der Waals surface area contributed by atoms with Crippen LogP contribution in [0, 0.1) is 5.92 Å². The highest BCUT2D eigenvalue weighted by Crippen LogP contribution is 2.37. The third-order valence-corrected chi connectivity index (χ3v) is 3.02. The molecular formula is C10H17F3N2O2. The van der Waals surface area contributed by atoms with Gasteiger partial charge in [0.1, 0.15) is 0 Å². The van der Waals surface area contributed by atoms with Crippen molar-refractivity contribution in [3.8, 4) is 0 Å². The van der Waals surface area contributed by atoms with E-state index < -0.39 is 30.7 Å². The van der Waals surface area contributed by atoms with Crippen LogP contribution in [-0.4, -0.2) is 54.4 Å². The molecule has 1 heterocycles. The van der Waals surface area contributed by atoms with Gasteiger partial charge in [-0.25, -0.2) is 0 Å². The molecule has 1 amide bonds. The van der Waals surface area contributed by atoms with Gasteiger partial charge >= 0.3 is 6.18 Å². The second-order valence-electron chi connectivity index (χ2n) is 4.50. The van der Waals surface area contributed by atoms with Crippen molar-refractivity contribution in [3.63, 3.8) is 0 Å². The fourth-order valence-electron chi connectivity index (χ4n) is 1.92. The zero-order chi connectivity index (χ0) is 13.3. The smallest absolute Gasteiger partial charge is 0.379 e. The molecule has 2 unspecified atom stereocenters. The number of β-amino-alcohol motifs (C(OH)–C–C–N with tert-alkyl or cyclic N) is 1. The van der Waals surface area contributed by atoms with Gasteiger partial charge in [-0.1, -0.05) is 6.92 Å². The molecule has 100 valence electrons. The van der Waals surface area contributed by atoms with Gasteiger partial charge in [-0.05, 0) is 7.05 Å². The molecule has 2 N–H and O–H groups in total. The summed E-state index contributed by atoms with van der Waals surface area (Å²) in [6.07, 6.45) is -5.14. The van der Waals surface area contributed by atoms with Crippen molar-refractivity contribution >= 4 is 5.91 Å². The van der Waals surface area contributed by atoms with Gasteiger partial charge in [-0.2, -0.15) is 13.2 Å². The van der Waals surface area contributed by atoms with Crippen LogP contribution in [0.3, 0.4) is 0 Å². The number of halogens is 3. The molecule has 1 fully saturated rings. The van der Waals surface area contributed by atoms with Crippen molar-refractivity contribution in [1.29, 1.82) is 0 Å². The number of rotatable bonds is 3. The molecule has 7 heteroatoms. The lowest BCUT2D eigenvalue weighted by atomic mass is 10.0. The number of amides is 1. The van der Waals surface area contributed by atoms with Gasteiger partial charge in [0, 0.05) is 25.4 Å². The van der Waals surface area contributed by atoms with Crippen LogP contribution in [0.4, 0.5) is 13.2 Å². The molecule has 1 rings (SSSR count). The molecule has 0 bridgehead atoms. The number of carbonyl (C=O) groups is 1. The first-order valence-electron chi connectivity index (χ1n) is 5.44. The molecule has 17 heavy (non-hydrogen) atoms. The van der Waals surface area contributed by atoms with E-state index in [0.29, 0.717) is 6.54 Å². The van der Waals surface area contributed by atoms with Crippen LogP contribution >= 0.6 is 0 Å². The van der Waals surface area contributed by atoms with Crippen molar-refractivity contribution in [2.75, 3.05) is 26.7 Å². The topological polar surface area (TPSA) is 52.6 Å². The van der Waals surface area contributed by atoms with Crippen molar-refractivity contribution < 1.29 is 23.1 Å². The molecule has 0 aliphatic carbocycles. The van der Waals surface area contributed by atoms with Gasteiger partial charge in [0.2, 0.25) is 5.91 Å². The van der Waals surface area contributed by atoms with E-state index in [1.807, 2.05) is 0 Å². The van der Waals surface area contributed by atoms with Crippen LogP contribution in [0.2, 0.25) is 0 Å². The first kappa shape index (κ1) is 14.2. The molecule has 0 aromatic heterocycles. The third kappa shape index (κ3) is 2.90. The maximum atomic E-state index is 12.5. The third-order valence-electron chi connectivity index (χ3n) is 3.02. The van der Waals surface area contributed by atoms with E-state index in [-0.39, 0.29) is 12.5 Å². The van der Waals surface area contributed by atoms with Crippen LogP contribution < -0.4 is 5.32 Å². The molecule has 0 spiro atoms. The van der Waals surface area contributed by atoms with Crippen LogP contribution in [0.5, 0.6) is 0 Å². The minimum Gasteiger partial charge on any atom is -0.379 e. The van der Waals surface area contributed by atoms with Gasteiger partial charge in [0.25, 0.3) is 0 Å². The van der Waals surface area contributed by atoms with Gasteiger partial charge in [-0.3, -0.25) is 4.79 Å². The molecule has 2 atom stereocenters. The number of alkyl halides is 3. The van der Waals surface area contributed by atoms with E-state index in [2.05, 4.69) is 5.32 Å². The molecule has 1 aliphatic rings. The Bertz CT molecular complexity index is 296. The molecule has 4 nitrogen and oxygen atoms in total. The number of aliphatic hydroxyl groups is 1. The minimum absolute atomic E-state index is 0.0527. The van der Waals surface area contributed by atoms with Gasteiger partial charge < -0.3 is 15.3 Å². The summed E-state index contributed by atoms with van der Waals surface area (Å²) >= 11 is 0. The molecule has 0 radical (unpaired) electrons. The highest BCUT2D eigenvalue weighted by molar-refractivity contribution is 5.79. The summed E-state index contributed by atoms with van der Waals surface area (Å²) in [5.74, 6) is -0.755. The Labute approximate surface area is 97.8 Å². The highest BCUT2D eigenvalue weighted by Gasteiger charge is 2.57. The second-order valence-corrected chi connectivity index (χ2v) is 4.50. The van der Waals surface area contributed by atoms with Crippen LogP contribution in [0.25, 0.3) is 0 Å². The fourth-order valence-corrected chi connectivity index (χ4v) is 1.92. The summed E-state index contributed by atoms with van der Waals surface area (Å²) in [5.41, 5.74) is -2.75. The minimum atomic E-state index is -4.69. The monoisotopic (exact) mass is 254 g/mol. The van der Waals surface area contributed by atoms with Crippen LogP contribution in [-0.2, 0) is 4.79 Å². The van der Waals surface area contributed by atoms with E-state index in [4.69, 9.17) is 0 Å². The van der Waals surface area contributed by atoms with Crippen LogP contribution in [0.1, 0.15) is 13.3 Å². The molecule has 1 saturated heterocycles. The summed E-state index contributed by atoms with van der Waals surface area (Å²) in [6.45, 7) is 1.33. The van der Waals surface area contributed by atoms with E-state index in [0.717, 1.165) is 4.90 Å². The lowest BCUT2D eigenvalue weighted by Crippen LogP contribution is -2.48. The molecule has 0 saturated carbocycles. The summed E-state index contributed by atoms with van der Waals surface area (Å²) in [7, 11) is 1.67. The van der Waals surface area contributed by atoms with E-state index in [9.17, 15) is 23.1 Å². The maximum Gasteiger partial charge on any atom is 0.419 e. The lowest BCUT2D eigenvalue weighted by Gasteiger charge is -2.26. The van der Waals surface area contributed by atoms with Gasteiger partial charge in [-0.15, -0.1) is 0 Å². The Morgan fingerprint density at radius 2 is 2.18 bits per heavy atom. The zero-order valence-electron chi connectivity index (χ0n) is 9.84. The van der Waals surface area contributed by atoms with Gasteiger partial charge in [0.15, 0.2) is 5.60 Å². The number of carbonyl (C=O) groups excluding carboxylic acids is 1. The number of hydrogen-bond acceptors (Lipinski definition) is 3. The van der Waals surface area contributed by atoms with Crippen molar-refractivity contribution in [1.82, 2.24) is 10.2 Å². The zero-order valence-corrected chi connectivity index (χ0v) is 9.84. The summed E-state index contributed by atoms with van der Waals surface area (Å²) < 4.78 is 37.6. The van der Waals surface area contributed by atoms with Crippen molar-refractivity contribution in [2.24, 2.45) is 5.92 Å². The summed E-state index contributed by atoms with van der Waals surface area (Å²) in [6, 6.07) is 0. The molecule has 0 aromatic rings. The number of nitrogens with zero attached hydrogens (tertiary/aromatic N) is 1. The van der Waals surface area contributed by atoms with Gasteiger partial charge in [0.05, 0.1) is 6.54 Å². The Kier molecular flexibility index (Phi) is 4.03. The fraction of sp³-hybridized carbons (Fsp3) is 0.900. The SMILES string of the molecule is CNCC(C)C(=O)N1CCC(O)(C(F)(F)F)C1. The predicted molar refractivity (Wildman–Crippen MR) is 55.3 cm³/mol. The number of likely N-dealkylation sites (tertiary alicyclic amines) is 1. The van der Waals surface area contributed by atoms with Crippen LogP contribution in [0.15, 0.2) is 0 Å². The average molecular weight is 254 g/mol. The highest BCUT2D eigenvalue weighted by atomic mass is 19.4. The quantitative estimate of drug-likeness (QED) is 0.765. The molecule has 0 aromatic carbocycles.